The lowest BCUT2D eigenvalue weighted by Gasteiger charge is -2.30. The van der Waals surface area contributed by atoms with E-state index in [9.17, 15) is 4.79 Å². The summed E-state index contributed by atoms with van der Waals surface area (Å²) >= 11 is 0. The van der Waals surface area contributed by atoms with Gasteiger partial charge in [-0.2, -0.15) is 0 Å². The number of esters is 1. The van der Waals surface area contributed by atoms with Gasteiger partial charge in [0.1, 0.15) is 24.9 Å². The molecule has 4 atom stereocenters. The molecule has 1 aliphatic heterocycles. The minimum absolute atomic E-state index is 0.225. The first-order chi connectivity index (χ1) is 11.6. The van der Waals surface area contributed by atoms with Gasteiger partial charge in [0.25, 0.3) is 0 Å². The molecule has 1 heterocycles. The van der Waals surface area contributed by atoms with Crippen LogP contribution in [0.15, 0.2) is 0 Å². The van der Waals surface area contributed by atoms with E-state index in [1.807, 2.05) is 6.92 Å². The Morgan fingerprint density at radius 2 is 1.67 bits per heavy atom. The Morgan fingerprint density at radius 3 is 2.29 bits per heavy atom. The van der Waals surface area contributed by atoms with Gasteiger partial charge >= 0.3 is 5.97 Å². The number of carbonyl (C=O) groups excluding carboxylic acids is 1. The molecule has 6 heteroatoms. The Bertz CT molecular complexity index is 339. The smallest absolute Gasteiger partial charge is 0.367 e. The summed E-state index contributed by atoms with van der Waals surface area (Å²) in [6, 6.07) is -0.507. The number of unbranched alkanes of at least 4 members (excludes halogenated alkanes) is 4. The van der Waals surface area contributed by atoms with Crippen LogP contribution in [0.4, 0.5) is 0 Å². The molecule has 0 aromatic rings. The van der Waals surface area contributed by atoms with Crippen LogP contribution in [0.2, 0.25) is 0 Å². The van der Waals surface area contributed by atoms with Crippen LogP contribution in [0.1, 0.15) is 59.3 Å². The Morgan fingerprint density at radius 1 is 1.04 bits per heavy atom. The number of hydrogen-bond acceptors (Lipinski definition) is 5. The highest BCUT2D eigenvalue weighted by atomic mass is 16.6. The van der Waals surface area contributed by atoms with E-state index in [4.69, 9.17) is 18.9 Å². The summed E-state index contributed by atoms with van der Waals surface area (Å²) in [6.07, 6.45) is 5.66. The number of carbonyl (C=O) groups is 1. The largest absolute Gasteiger partial charge is 0.455 e. The molecular formula is C18H36NO5+. The van der Waals surface area contributed by atoms with Gasteiger partial charge < -0.3 is 24.7 Å². The Hall–Kier alpha value is -0.690. The molecule has 3 N–H and O–H groups in total. The molecule has 0 aliphatic carbocycles. The summed E-state index contributed by atoms with van der Waals surface area (Å²) < 4.78 is 23.2. The van der Waals surface area contributed by atoms with E-state index in [1.54, 1.807) is 0 Å². The molecule has 6 nitrogen and oxygen atoms in total. The third-order valence-electron chi connectivity index (χ3n) is 4.20. The molecule has 0 aromatic heterocycles. The Labute approximate surface area is 146 Å². The first-order valence-electron chi connectivity index (χ1n) is 9.44. The van der Waals surface area contributed by atoms with Crippen molar-refractivity contribution in [2.24, 2.45) is 0 Å². The van der Waals surface area contributed by atoms with Gasteiger partial charge in [-0.1, -0.05) is 39.5 Å². The van der Waals surface area contributed by atoms with Crippen LogP contribution in [-0.2, 0) is 23.7 Å². The van der Waals surface area contributed by atoms with Crippen LogP contribution in [0.3, 0.4) is 0 Å². The molecule has 0 radical (unpaired) electrons. The van der Waals surface area contributed by atoms with Crippen LogP contribution < -0.4 is 5.73 Å². The SMILES string of the molecule is CCCCCO[C@H]1[C@H](C)OC(=O)[C@@H]([NH3+])COC[C@@H]1OCCCCC. The maximum Gasteiger partial charge on any atom is 0.367 e. The highest BCUT2D eigenvalue weighted by molar-refractivity contribution is 5.74. The van der Waals surface area contributed by atoms with Crippen LogP contribution in [-0.4, -0.2) is 56.8 Å². The highest BCUT2D eigenvalue weighted by Crippen LogP contribution is 2.17. The summed E-state index contributed by atoms with van der Waals surface area (Å²) in [5, 5.41) is 0. The lowest BCUT2D eigenvalue weighted by atomic mass is 10.1. The van der Waals surface area contributed by atoms with Gasteiger partial charge in [-0.15, -0.1) is 0 Å². The molecule has 1 fully saturated rings. The molecule has 1 rings (SSSR count). The fourth-order valence-electron chi connectivity index (χ4n) is 2.68. The predicted molar refractivity (Wildman–Crippen MR) is 91.6 cm³/mol. The molecule has 142 valence electrons. The summed E-state index contributed by atoms with van der Waals surface area (Å²) in [4.78, 5) is 12.0. The minimum atomic E-state index is -0.507. The third kappa shape index (κ3) is 7.92. The standard InChI is InChI=1S/C18H35NO5/c1-4-6-8-10-22-16-13-21-12-15(19)18(20)24-14(3)17(16)23-11-9-7-5-2/h14-17H,4-13,19H2,1-3H3/p+1/t14-,15-,16-,17-/m0/s1. The lowest BCUT2D eigenvalue weighted by molar-refractivity contribution is -0.415. The van der Waals surface area contributed by atoms with Crippen molar-refractivity contribution in [3.8, 4) is 0 Å². The summed E-state index contributed by atoms with van der Waals surface area (Å²) in [5.41, 5.74) is 3.80. The summed E-state index contributed by atoms with van der Waals surface area (Å²) in [7, 11) is 0. The average molecular weight is 346 g/mol. The van der Waals surface area contributed by atoms with Crippen molar-refractivity contribution in [1.82, 2.24) is 0 Å². The van der Waals surface area contributed by atoms with Gasteiger partial charge in [-0.3, -0.25) is 0 Å². The van der Waals surface area contributed by atoms with E-state index in [2.05, 4.69) is 19.6 Å². The van der Waals surface area contributed by atoms with Crippen LogP contribution in [0.5, 0.6) is 0 Å². The zero-order valence-corrected chi connectivity index (χ0v) is 15.6. The second-order valence-electron chi connectivity index (χ2n) is 6.54. The van der Waals surface area contributed by atoms with Gasteiger partial charge in [0.2, 0.25) is 6.04 Å². The Balaban J connectivity index is 2.67. The average Bonchev–Trinajstić information content (AvgIpc) is 2.60. The van der Waals surface area contributed by atoms with Crippen molar-refractivity contribution in [2.45, 2.75) is 83.6 Å². The van der Waals surface area contributed by atoms with E-state index < -0.39 is 6.04 Å². The number of rotatable bonds is 10. The minimum Gasteiger partial charge on any atom is -0.455 e. The molecule has 1 aliphatic rings. The molecule has 0 bridgehead atoms. The maximum absolute atomic E-state index is 12.0. The lowest BCUT2D eigenvalue weighted by Crippen LogP contribution is -2.67. The van der Waals surface area contributed by atoms with Gasteiger partial charge in [0, 0.05) is 13.2 Å². The van der Waals surface area contributed by atoms with Gasteiger partial charge in [0.15, 0.2) is 0 Å². The number of hydrogen-bond donors (Lipinski definition) is 1. The summed E-state index contributed by atoms with van der Waals surface area (Å²) in [5.74, 6) is -0.337. The summed E-state index contributed by atoms with van der Waals surface area (Å²) in [6.45, 7) is 8.16. The highest BCUT2D eigenvalue weighted by Gasteiger charge is 2.35. The van der Waals surface area contributed by atoms with Gasteiger partial charge in [-0.05, 0) is 19.8 Å². The molecule has 0 aromatic carbocycles. The number of ether oxygens (including phenoxy) is 4. The van der Waals surface area contributed by atoms with E-state index in [1.165, 1.54) is 0 Å². The first kappa shape index (κ1) is 21.4. The van der Waals surface area contributed by atoms with E-state index in [0.29, 0.717) is 19.8 Å². The van der Waals surface area contributed by atoms with Crippen molar-refractivity contribution in [2.75, 3.05) is 26.4 Å². The number of quaternary nitrogens is 1. The molecule has 24 heavy (non-hydrogen) atoms. The quantitative estimate of drug-likeness (QED) is 0.481. The molecule has 0 spiro atoms. The van der Waals surface area contributed by atoms with E-state index in [0.717, 1.165) is 38.5 Å². The number of cyclic esters (lactones) is 1. The van der Waals surface area contributed by atoms with E-state index in [-0.39, 0.29) is 30.9 Å². The van der Waals surface area contributed by atoms with Gasteiger partial charge in [-0.25, -0.2) is 4.79 Å². The van der Waals surface area contributed by atoms with Crippen molar-refractivity contribution in [1.29, 1.82) is 0 Å². The van der Waals surface area contributed by atoms with Crippen LogP contribution >= 0.6 is 0 Å². The first-order valence-corrected chi connectivity index (χ1v) is 9.44. The molecule has 1 saturated heterocycles. The Kier molecular flexibility index (Phi) is 11.2. The van der Waals surface area contributed by atoms with E-state index >= 15 is 0 Å². The van der Waals surface area contributed by atoms with Crippen molar-refractivity contribution in [3.05, 3.63) is 0 Å². The van der Waals surface area contributed by atoms with Crippen LogP contribution in [0, 0.1) is 0 Å². The molecule has 0 amide bonds. The molecular weight excluding hydrogens is 310 g/mol. The van der Waals surface area contributed by atoms with Gasteiger partial charge in [0.05, 0.1) is 6.61 Å². The van der Waals surface area contributed by atoms with Crippen molar-refractivity contribution >= 4 is 5.97 Å². The topological polar surface area (TPSA) is 81.6 Å². The van der Waals surface area contributed by atoms with Crippen LogP contribution in [0.25, 0.3) is 0 Å². The third-order valence-corrected chi connectivity index (χ3v) is 4.20. The monoisotopic (exact) mass is 346 g/mol. The molecule has 0 saturated carbocycles. The maximum atomic E-state index is 12.0. The van der Waals surface area contributed by atoms with Crippen molar-refractivity contribution in [3.63, 3.8) is 0 Å². The second-order valence-corrected chi connectivity index (χ2v) is 6.54. The fraction of sp³-hybridized carbons (Fsp3) is 0.944. The zero-order valence-electron chi connectivity index (χ0n) is 15.6. The second kappa shape index (κ2) is 12.6. The fourth-order valence-corrected chi connectivity index (χ4v) is 2.68. The predicted octanol–water partition coefficient (Wildman–Crippen LogP) is 1.71. The normalized spacial score (nSPS) is 28.8. The van der Waals surface area contributed by atoms with Crippen molar-refractivity contribution < 1.29 is 29.5 Å². The molecule has 0 unspecified atom stereocenters. The zero-order chi connectivity index (χ0) is 17.8.